The third kappa shape index (κ3) is 3.57. The molecule has 0 aliphatic carbocycles. The third-order valence-electron chi connectivity index (χ3n) is 4.73. The summed E-state index contributed by atoms with van der Waals surface area (Å²) in [5.41, 5.74) is 0.622. The molecule has 7 heteroatoms. The molecule has 5 nitrogen and oxygen atoms in total. The van der Waals surface area contributed by atoms with Gasteiger partial charge in [0.2, 0.25) is 0 Å². The molecular formula is C20H18Cl2N2O3. The topological polar surface area (TPSA) is 66.5 Å². The van der Waals surface area contributed by atoms with E-state index in [-0.39, 0.29) is 17.4 Å². The maximum atomic E-state index is 12.9. The van der Waals surface area contributed by atoms with Crippen molar-refractivity contribution >= 4 is 40.9 Å². The Bertz CT molecular complexity index is 927. The fourth-order valence-corrected chi connectivity index (χ4v) is 3.68. The molecule has 0 spiro atoms. The number of halogens is 2. The molecule has 27 heavy (non-hydrogen) atoms. The first-order chi connectivity index (χ1) is 12.8. The Kier molecular flexibility index (Phi) is 5.27. The highest BCUT2D eigenvalue weighted by Gasteiger charge is 2.50. The molecule has 3 amide bonds. The number of imide groups is 1. The van der Waals surface area contributed by atoms with E-state index in [1.54, 1.807) is 31.2 Å². The van der Waals surface area contributed by atoms with Gasteiger partial charge in [0.1, 0.15) is 5.54 Å². The second kappa shape index (κ2) is 7.33. The summed E-state index contributed by atoms with van der Waals surface area (Å²) in [5.74, 6) is -0.845. The molecule has 2 aromatic rings. The summed E-state index contributed by atoms with van der Waals surface area (Å²) in [6.45, 7) is 3.24. The third-order valence-corrected chi connectivity index (χ3v) is 5.28. The molecule has 1 N–H and O–H groups in total. The molecule has 0 radical (unpaired) electrons. The van der Waals surface area contributed by atoms with E-state index in [2.05, 4.69) is 5.32 Å². The first kappa shape index (κ1) is 19.4. The quantitative estimate of drug-likeness (QED) is 0.599. The van der Waals surface area contributed by atoms with E-state index >= 15 is 0 Å². The van der Waals surface area contributed by atoms with Gasteiger partial charge >= 0.3 is 6.03 Å². The Morgan fingerprint density at radius 3 is 2.37 bits per heavy atom. The Morgan fingerprint density at radius 2 is 1.78 bits per heavy atom. The van der Waals surface area contributed by atoms with Crippen LogP contribution < -0.4 is 5.32 Å². The standard InChI is InChI=1S/C20H18Cl2N2O3/c1-3-12-4-6-13(7-5-12)17(25)11-24-18(26)20(2,23-19(24)27)15-9-8-14(21)10-16(15)22/h4-10H,3,11H2,1-2H3,(H,23,27)/t20-/m1/s1. The summed E-state index contributed by atoms with van der Waals surface area (Å²) < 4.78 is 0. The molecular weight excluding hydrogens is 387 g/mol. The van der Waals surface area contributed by atoms with Gasteiger partial charge < -0.3 is 5.32 Å². The highest BCUT2D eigenvalue weighted by Crippen LogP contribution is 2.35. The van der Waals surface area contributed by atoms with Gasteiger partial charge in [-0.15, -0.1) is 0 Å². The summed E-state index contributed by atoms with van der Waals surface area (Å²) in [7, 11) is 0. The van der Waals surface area contributed by atoms with Gasteiger partial charge in [0, 0.05) is 21.2 Å². The zero-order valence-electron chi connectivity index (χ0n) is 14.9. The van der Waals surface area contributed by atoms with Crippen molar-refractivity contribution in [3.05, 3.63) is 69.2 Å². The van der Waals surface area contributed by atoms with Crippen LogP contribution in [0.5, 0.6) is 0 Å². The van der Waals surface area contributed by atoms with Crippen LogP contribution in [0.1, 0.15) is 35.3 Å². The van der Waals surface area contributed by atoms with Crippen LogP contribution >= 0.6 is 23.2 Å². The highest BCUT2D eigenvalue weighted by molar-refractivity contribution is 6.35. The van der Waals surface area contributed by atoms with Crippen LogP contribution in [0.15, 0.2) is 42.5 Å². The SMILES string of the molecule is CCc1ccc(C(=O)CN2C(=O)N[C@](C)(c3ccc(Cl)cc3Cl)C2=O)cc1. The molecule has 1 saturated heterocycles. The van der Waals surface area contributed by atoms with Gasteiger partial charge in [-0.25, -0.2) is 4.79 Å². The van der Waals surface area contributed by atoms with Crippen LogP contribution in [0.25, 0.3) is 0 Å². The van der Waals surface area contributed by atoms with Gasteiger partial charge in [-0.05, 0) is 31.0 Å². The van der Waals surface area contributed by atoms with Crippen molar-refractivity contribution < 1.29 is 14.4 Å². The maximum absolute atomic E-state index is 12.9. The van der Waals surface area contributed by atoms with Crippen LogP contribution in [0.4, 0.5) is 4.79 Å². The molecule has 0 saturated carbocycles. The second-order valence-corrected chi connectivity index (χ2v) is 7.39. The van der Waals surface area contributed by atoms with Crippen LogP contribution in [-0.2, 0) is 16.8 Å². The molecule has 1 fully saturated rings. The Morgan fingerprint density at radius 1 is 1.11 bits per heavy atom. The van der Waals surface area contributed by atoms with Gasteiger partial charge in [0.15, 0.2) is 5.78 Å². The lowest BCUT2D eigenvalue weighted by molar-refractivity contribution is -0.130. The lowest BCUT2D eigenvalue weighted by atomic mass is 9.92. The van der Waals surface area contributed by atoms with Gasteiger partial charge in [-0.3, -0.25) is 14.5 Å². The number of rotatable bonds is 5. The number of ketones is 1. The lowest BCUT2D eigenvalue weighted by Gasteiger charge is -2.23. The van der Waals surface area contributed by atoms with E-state index in [9.17, 15) is 14.4 Å². The number of nitrogens with one attached hydrogen (secondary N) is 1. The lowest BCUT2D eigenvalue weighted by Crippen LogP contribution is -2.41. The van der Waals surface area contributed by atoms with Crippen molar-refractivity contribution in [3.63, 3.8) is 0 Å². The number of Topliss-reactive ketones (excluding diaryl/α,β-unsaturated/α-hetero) is 1. The number of hydrogen-bond donors (Lipinski definition) is 1. The zero-order chi connectivity index (χ0) is 19.8. The molecule has 140 valence electrons. The van der Waals surface area contributed by atoms with E-state index in [4.69, 9.17) is 23.2 Å². The Labute approximate surface area is 167 Å². The summed E-state index contributed by atoms with van der Waals surface area (Å²) in [4.78, 5) is 38.8. The molecule has 1 atom stereocenters. The number of benzene rings is 2. The van der Waals surface area contributed by atoms with Crippen molar-refractivity contribution in [3.8, 4) is 0 Å². The Balaban J connectivity index is 1.84. The monoisotopic (exact) mass is 404 g/mol. The van der Waals surface area contributed by atoms with Crippen LogP contribution in [0.2, 0.25) is 10.0 Å². The molecule has 3 rings (SSSR count). The minimum atomic E-state index is -1.36. The average Bonchev–Trinajstić information content (AvgIpc) is 2.85. The first-order valence-electron chi connectivity index (χ1n) is 8.48. The second-order valence-electron chi connectivity index (χ2n) is 6.54. The summed E-state index contributed by atoms with van der Waals surface area (Å²) in [6.07, 6.45) is 0.863. The molecule has 0 bridgehead atoms. The average molecular weight is 405 g/mol. The molecule has 0 aromatic heterocycles. The molecule has 0 unspecified atom stereocenters. The number of carbonyl (C=O) groups excluding carboxylic acids is 3. The number of carbonyl (C=O) groups is 3. The van der Waals surface area contributed by atoms with E-state index in [1.165, 1.54) is 6.07 Å². The van der Waals surface area contributed by atoms with Gasteiger partial charge in [-0.2, -0.15) is 0 Å². The van der Waals surface area contributed by atoms with E-state index in [0.29, 0.717) is 16.1 Å². The molecule has 2 aromatic carbocycles. The van der Waals surface area contributed by atoms with Gasteiger partial charge in [0.05, 0.1) is 6.54 Å². The molecule has 1 aliphatic rings. The Hall–Kier alpha value is -2.37. The number of nitrogens with zero attached hydrogens (tertiary/aromatic N) is 1. The predicted molar refractivity (Wildman–Crippen MR) is 104 cm³/mol. The number of hydrogen-bond acceptors (Lipinski definition) is 3. The fraction of sp³-hybridized carbons (Fsp3) is 0.250. The summed E-state index contributed by atoms with van der Waals surface area (Å²) in [5, 5.41) is 3.33. The van der Waals surface area contributed by atoms with E-state index < -0.39 is 17.5 Å². The normalized spacial score (nSPS) is 19.3. The fourth-order valence-electron chi connectivity index (χ4n) is 3.08. The van der Waals surface area contributed by atoms with Crippen LogP contribution in [-0.4, -0.2) is 29.2 Å². The zero-order valence-corrected chi connectivity index (χ0v) is 16.4. The largest absolute Gasteiger partial charge is 0.325 e. The minimum Gasteiger partial charge on any atom is -0.319 e. The van der Waals surface area contributed by atoms with Crippen molar-refractivity contribution in [1.82, 2.24) is 10.2 Å². The van der Waals surface area contributed by atoms with Crippen LogP contribution in [0, 0.1) is 0 Å². The van der Waals surface area contributed by atoms with Crippen molar-refractivity contribution in [1.29, 1.82) is 0 Å². The van der Waals surface area contributed by atoms with Crippen molar-refractivity contribution in [2.24, 2.45) is 0 Å². The predicted octanol–water partition coefficient (Wildman–Crippen LogP) is 4.21. The summed E-state index contributed by atoms with van der Waals surface area (Å²) in [6, 6.07) is 11.2. The molecule has 1 aliphatic heterocycles. The maximum Gasteiger partial charge on any atom is 0.325 e. The van der Waals surface area contributed by atoms with Gasteiger partial charge in [0.25, 0.3) is 5.91 Å². The first-order valence-corrected chi connectivity index (χ1v) is 9.23. The number of urea groups is 1. The van der Waals surface area contributed by atoms with Crippen molar-refractivity contribution in [2.45, 2.75) is 25.8 Å². The number of amides is 3. The highest BCUT2D eigenvalue weighted by atomic mass is 35.5. The van der Waals surface area contributed by atoms with Crippen LogP contribution in [0.3, 0.4) is 0 Å². The van der Waals surface area contributed by atoms with Gasteiger partial charge in [-0.1, -0.05) is 60.5 Å². The minimum absolute atomic E-state index is 0.266. The molecule has 1 heterocycles. The van der Waals surface area contributed by atoms with Crippen molar-refractivity contribution in [2.75, 3.05) is 6.54 Å². The number of aryl methyl sites for hydroxylation is 1. The van der Waals surface area contributed by atoms with E-state index in [0.717, 1.165) is 16.9 Å². The van der Waals surface area contributed by atoms with E-state index in [1.807, 2.05) is 19.1 Å². The smallest absolute Gasteiger partial charge is 0.319 e. The summed E-state index contributed by atoms with van der Waals surface area (Å²) >= 11 is 12.1.